The van der Waals surface area contributed by atoms with Crippen molar-refractivity contribution < 1.29 is 28.3 Å². The van der Waals surface area contributed by atoms with E-state index >= 15 is 0 Å². The molecular formula is C32H42F2N2O4. The van der Waals surface area contributed by atoms with Gasteiger partial charge in [-0.25, -0.2) is 8.78 Å². The predicted octanol–water partition coefficient (Wildman–Crippen LogP) is 5.59. The molecule has 1 saturated heterocycles. The van der Waals surface area contributed by atoms with E-state index in [2.05, 4.69) is 0 Å². The Kier molecular flexibility index (Phi) is 11.4. The van der Waals surface area contributed by atoms with Crippen LogP contribution in [0.25, 0.3) is 0 Å². The van der Waals surface area contributed by atoms with Crippen LogP contribution in [0, 0.1) is 30.4 Å². The standard InChI is InChI=1S/C32H42F2N2O4/c1-5-10-36(11-6-2)31(39)25-14-21(4)13-23(18-25)29(37)19-24(15-22-16-26(33)20-27(34)17-22)30(38)28-9-8-12-35(7-3)32(28)40/h13-14,16-18,20,24,28,30,38H,5-12,15,19H2,1-4H3/t24?,28?,30-/m0/s1. The van der Waals surface area contributed by atoms with Gasteiger partial charge in [0.2, 0.25) is 5.91 Å². The first-order valence-corrected chi connectivity index (χ1v) is 14.4. The Morgan fingerprint density at radius 3 is 2.23 bits per heavy atom. The van der Waals surface area contributed by atoms with Crippen LogP contribution in [0.3, 0.4) is 0 Å². The Labute approximate surface area is 236 Å². The number of likely N-dealkylation sites (tertiary alicyclic amines) is 1. The number of piperidine rings is 1. The molecule has 1 heterocycles. The van der Waals surface area contributed by atoms with Crippen LogP contribution in [0.2, 0.25) is 0 Å². The average molecular weight is 557 g/mol. The van der Waals surface area contributed by atoms with Gasteiger partial charge < -0.3 is 14.9 Å². The molecule has 2 unspecified atom stereocenters. The average Bonchev–Trinajstić information content (AvgIpc) is 2.91. The fourth-order valence-corrected chi connectivity index (χ4v) is 5.74. The van der Waals surface area contributed by atoms with Gasteiger partial charge in [0, 0.05) is 49.8 Å². The number of halogens is 2. The number of nitrogens with zero attached hydrogens (tertiary/aromatic N) is 2. The summed E-state index contributed by atoms with van der Waals surface area (Å²) in [5, 5.41) is 11.5. The lowest BCUT2D eigenvalue weighted by Gasteiger charge is -2.36. The number of aliphatic hydroxyl groups excluding tert-OH is 1. The number of Topliss-reactive ketones (excluding diaryl/α,β-unsaturated/α-hetero) is 1. The van der Waals surface area contributed by atoms with E-state index in [9.17, 15) is 28.3 Å². The third-order valence-corrected chi connectivity index (χ3v) is 7.64. The molecule has 0 spiro atoms. The van der Waals surface area contributed by atoms with Gasteiger partial charge in [-0.3, -0.25) is 14.4 Å². The van der Waals surface area contributed by atoms with Gasteiger partial charge in [0.05, 0.1) is 12.0 Å². The van der Waals surface area contributed by atoms with Crippen LogP contribution in [-0.4, -0.2) is 64.8 Å². The molecule has 0 radical (unpaired) electrons. The number of rotatable bonds is 13. The highest BCUT2D eigenvalue weighted by Crippen LogP contribution is 2.30. The molecule has 2 aromatic rings. The largest absolute Gasteiger partial charge is 0.392 e. The number of aliphatic hydroxyl groups is 1. The second-order valence-electron chi connectivity index (χ2n) is 10.9. The molecule has 218 valence electrons. The van der Waals surface area contributed by atoms with Gasteiger partial charge in [0.15, 0.2) is 5.78 Å². The Balaban J connectivity index is 1.92. The van der Waals surface area contributed by atoms with Crippen molar-refractivity contribution in [3.05, 3.63) is 70.3 Å². The maximum atomic E-state index is 14.0. The number of hydrogen-bond donors (Lipinski definition) is 1. The van der Waals surface area contributed by atoms with Crippen molar-refractivity contribution in [1.29, 1.82) is 0 Å². The highest BCUT2D eigenvalue weighted by molar-refractivity contribution is 6.01. The van der Waals surface area contributed by atoms with Crippen molar-refractivity contribution in [2.75, 3.05) is 26.2 Å². The van der Waals surface area contributed by atoms with Crippen molar-refractivity contribution in [2.45, 2.75) is 72.3 Å². The number of benzene rings is 2. The maximum absolute atomic E-state index is 14.0. The second-order valence-corrected chi connectivity index (χ2v) is 10.9. The third kappa shape index (κ3) is 7.96. The first kappa shape index (κ1) is 31.4. The smallest absolute Gasteiger partial charge is 0.253 e. The fraction of sp³-hybridized carbons (Fsp3) is 0.531. The molecule has 0 saturated carbocycles. The summed E-state index contributed by atoms with van der Waals surface area (Å²) in [6.07, 6.45) is 1.55. The van der Waals surface area contributed by atoms with E-state index in [1.165, 1.54) is 12.1 Å². The van der Waals surface area contributed by atoms with Gasteiger partial charge in [0.1, 0.15) is 11.6 Å². The third-order valence-electron chi connectivity index (χ3n) is 7.64. The molecule has 1 N–H and O–H groups in total. The van der Waals surface area contributed by atoms with E-state index in [1.807, 2.05) is 27.7 Å². The molecule has 3 rings (SSSR count). The molecular weight excluding hydrogens is 514 g/mol. The number of aryl methyl sites for hydroxylation is 1. The minimum Gasteiger partial charge on any atom is -0.392 e. The molecule has 0 aromatic heterocycles. The predicted molar refractivity (Wildman–Crippen MR) is 151 cm³/mol. The summed E-state index contributed by atoms with van der Waals surface area (Å²) < 4.78 is 28.0. The van der Waals surface area contributed by atoms with Gasteiger partial charge in [-0.05, 0) is 93.3 Å². The molecule has 2 amide bonds. The molecule has 1 fully saturated rings. The second kappa shape index (κ2) is 14.5. The van der Waals surface area contributed by atoms with Gasteiger partial charge >= 0.3 is 0 Å². The molecule has 0 bridgehead atoms. The number of carbonyl (C=O) groups excluding carboxylic acids is 3. The molecule has 6 nitrogen and oxygen atoms in total. The zero-order valence-corrected chi connectivity index (χ0v) is 24.1. The van der Waals surface area contributed by atoms with Crippen LogP contribution in [0.15, 0.2) is 36.4 Å². The molecule has 1 aliphatic heterocycles. The number of carbonyl (C=O) groups is 3. The lowest BCUT2D eigenvalue weighted by molar-refractivity contribution is -0.144. The van der Waals surface area contributed by atoms with Crippen LogP contribution in [0.5, 0.6) is 0 Å². The van der Waals surface area contributed by atoms with E-state index in [0.717, 1.165) is 30.9 Å². The summed E-state index contributed by atoms with van der Waals surface area (Å²) in [6, 6.07) is 8.21. The highest BCUT2D eigenvalue weighted by Gasteiger charge is 2.38. The summed E-state index contributed by atoms with van der Waals surface area (Å²) in [5.41, 5.74) is 1.83. The number of hydrogen-bond acceptors (Lipinski definition) is 4. The molecule has 8 heteroatoms. The molecule has 40 heavy (non-hydrogen) atoms. The minimum atomic E-state index is -1.17. The van der Waals surface area contributed by atoms with Crippen LogP contribution < -0.4 is 0 Å². The summed E-state index contributed by atoms with van der Waals surface area (Å²) in [6.45, 7) is 10.1. The Hall–Kier alpha value is -3.13. The van der Waals surface area contributed by atoms with Gasteiger partial charge in [-0.1, -0.05) is 13.8 Å². The van der Waals surface area contributed by atoms with Crippen LogP contribution in [0.4, 0.5) is 8.78 Å². The summed E-state index contributed by atoms with van der Waals surface area (Å²) >= 11 is 0. The van der Waals surface area contributed by atoms with E-state index < -0.39 is 29.6 Å². The Morgan fingerprint density at radius 2 is 1.62 bits per heavy atom. The number of amides is 2. The highest BCUT2D eigenvalue weighted by atomic mass is 19.1. The summed E-state index contributed by atoms with van der Waals surface area (Å²) in [4.78, 5) is 43.4. The zero-order chi connectivity index (χ0) is 29.4. The Morgan fingerprint density at radius 1 is 1.00 bits per heavy atom. The Bertz CT molecular complexity index is 1180. The van der Waals surface area contributed by atoms with Crippen molar-refractivity contribution >= 4 is 17.6 Å². The first-order valence-electron chi connectivity index (χ1n) is 14.4. The van der Waals surface area contributed by atoms with E-state index in [0.29, 0.717) is 49.3 Å². The van der Waals surface area contributed by atoms with Crippen molar-refractivity contribution in [3.63, 3.8) is 0 Å². The first-order chi connectivity index (χ1) is 19.1. The SMILES string of the molecule is CCCN(CCC)C(=O)c1cc(C)cc(C(=O)CC(Cc2cc(F)cc(F)c2)[C@H](O)C2CCCN(CC)C2=O)c1. The number of ketones is 1. The molecule has 3 atom stereocenters. The lowest BCUT2D eigenvalue weighted by atomic mass is 9.79. The quantitative estimate of drug-likeness (QED) is 0.327. The summed E-state index contributed by atoms with van der Waals surface area (Å²) in [7, 11) is 0. The molecule has 2 aromatic carbocycles. The summed E-state index contributed by atoms with van der Waals surface area (Å²) in [5.74, 6) is -3.55. The molecule has 0 aliphatic carbocycles. The van der Waals surface area contributed by atoms with Crippen LogP contribution >= 0.6 is 0 Å². The topological polar surface area (TPSA) is 77.9 Å². The van der Waals surface area contributed by atoms with E-state index in [4.69, 9.17) is 0 Å². The van der Waals surface area contributed by atoms with Gasteiger partial charge in [-0.15, -0.1) is 0 Å². The van der Waals surface area contributed by atoms with Crippen molar-refractivity contribution in [2.24, 2.45) is 11.8 Å². The van der Waals surface area contributed by atoms with Crippen LogP contribution in [0.1, 0.15) is 84.7 Å². The van der Waals surface area contributed by atoms with Crippen LogP contribution in [-0.2, 0) is 11.2 Å². The van der Waals surface area contributed by atoms with E-state index in [1.54, 1.807) is 28.0 Å². The van der Waals surface area contributed by atoms with Gasteiger partial charge in [-0.2, -0.15) is 0 Å². The monoisotopic (exact) mass is 556 g/mol. The van der Waals surface area contributed by atoms with E-state index in [-0.39, 0.29) is 30.4 Å². The lowest BCUT2D eigenvalue weighted by Crippen LogP contribution is -2.48. The minimum absolute atomic E-state index is 0.0237. The van der Waals surface area contributed by atoms with Gasteiger partial charge in [0.25, 0.3) is 5.91 Å². The fourth-order valence-electron chi connectivity index (χ4n) is 5.74. The van der Waals surface area contributed by atoms with Crippen molar-refractivity contribution in [1.82, 2.24) is 9.80 Å². The zero-order valence-electron chi connectivity index (χ0n) is 24.1. The molecule has 1 aliphatic rings. The normalized spacial score (nSPS) is 17.0. The maximum Gasteiger partial charge on any atom is 0.253 e. The van der Waals surface area contributed by atoms with Crippen molar-refractivity contribution in [3.8, 4) is 0 Å².